The van der Waals surface area contributed by atoms with Gasteiger partial charge in [0.25, 0.3) is 0 Å². The predicted octanol–water partition coefficient (Wildman–Crippen LogP) is 4.28. The Balaban J connectivity index is 1.38. The van der Waals surface area contributed by atoms with Gasteiger partial charge < -0.3 is 10.2 Å². The Hall–Kier alpha value is -1.84. The summed E-state index contributed by atoms with van der Waals surface area (Å²) in [6.45, 7) is 2.82. The third-order valence-electron chi connectivity index (χ3n) is 7.35. The highest BCUT2D eigenvalue weighted by molar-refractivity contribution is 5.99. The number of rotatable bonds is 3. The molecule has 5 aliphatic rings. The summed E-state index contributed by atoms with van der Waals surface area (Å²) >= 11 is 0. The molecular formula is C22H28N2O2. The summed E-state index contributed by atoms with van der Waals surface area (Å²) in [5, 5.41) is 3.23. The van der Waals surface area contributed by atoms with E-state index in [4.69, 9.17) is 0 Å². The Morgan fingerprint density at radius 2 is 1.77 bits per heavy atom. The zero-order chi connectivity index (χ0) is 17.9. The lowest BCUT2D eigenvalue weighted by atomic mass is 9.49. The van der Waals surface area contributed by atoms with Crippen molar-refractivity contribution in [2.24, 2.45) is 23.2 Å². The summed E-state index contributed by atoms with van der Waals surface area (Å²) in [6, 6.07) is 6.00. The van der Waals surface area contributed by atoms with Crippen molar-refractivity contribution in [1.29, 1.82) is 0 Å². The van der Waals surface area contributed by atoms with Crippen LogP contribution in [0, 0.1) is 30.1 Å². The lowest BCUT2D eigenvalue weighted by molar-refractivity contribution is -0.140. The number of carbonyl (C=O) groups excluding carboxylic acids is 2. The highest BCUT2D eigenvalue weighted by Crippen LogP contribution is 2.60. The number of amides is 2. The van der Waals surface area contributed by atoms with E-state index in [1.807, 2.05) is 30.0 Å². The molecule has 138 valence electrons. The van der Waals surface area contributed by atoms with Crippen molar-refractivity contribution >= 4 is 23.2 Å². The van der Waals surface area contributed by atoms with Gasteiger partial charge in [-0.3, -0.25) is 9.59 Å². The molecule has 4 bridgehead atoms. The zero-order valence-corrected chi connectivity index (χ0v) is 15.6. The fourth-order valence-corrected chi connectivity index (χ4v) is 6.53. The summed E-state index contributed by atoms with van der Waals surface area (Å²) in [6.07, 6.45) is 8.82. The molecule has 0 atom stereocenters. The van der Waals surface area contributed by atoms with Crippen LogP contribution in [0.5, 0.6) is 0 Å². The first-order chi connectivity index (χ1) is 12.5. The first kappa shape index (κ1) is 16.3. The molecule has 4 aliphatic carbocycles. The van der Waals surface area contributed by atoms with Gasteiger partial charge in [-0.15, -0.1) is 0 Å². The lowest BCUT2D eigenvalue weighted by Crippen LogP contribution is -2.51. The van der Waals surface area contributed by atoms with Gasteiger partial charge >= 0.3 is 0 Å². The SMILES string of the molecule is Cc1ccc(NC(=O)C23CC4CC(CC(C4)C2)C3)cc1N1CCCC1=O. The van der Waals surface area contributed by atoms with Crippen molar-refractivity contribution in [2.75, 3.05) is 16.8 Å². The summed E-state index contributed by atoms with van der Waals surface area (Å²) in [5.74, 6) is 2.71. The summed E-state index contributed by atoms with van der Waals surface area (Å²) in [4.78, 5) is 27.3. The molecule has 1 aromatic carbocycles. The van der Waals surface area contributed by atoms with Crippen molar-refractivity contribution in [3.63, 3.8) is 0 Å². The van der Waals surface area contributed by atoms with Gasteiger partial charge in [-0.2, -0.15) is 0 Å². The Morgan fingerprint density at radius 1 is 1.12 bits per heavy atom. The number of hydrogen-bond donors (Lipinski definition) is 1. The van der Waals surface area contributed by atoms with E-state index in [0.29, 0.717) is 6.42 Å². The molecule has 26 heavy (non-hydrogen) atoms. The summed E-state index contributed by atoms with van der Waals surface area (Å²) < 4.78 is 0. The molecule has 1 saturated heterocycles. The van der Waals surface area contributed by atoms with Crippen molar-refractivity contribution < 1.29 is 9.59 Å². The van der Waals surface area contributed by atoms with E-state index in [1.54, 1.807) is 0 Å². The summed E-state index contributed by atoms with van der Waals surface area (Å²) in [7, 11) is 0. The number of carbonyl (C=O) groups is 2. The molecule has 0 spiro atoms. The highest BCUT2D eigenvalue weighted by Gasteiger charge is 2.54. The first-order valence-electron chi connectivity index (χ1n) is 10.2. The third kappa shape index (κ3) is 2.57. The molecule has 5 fully saturated rings. The number of nitrogens with zero attached hydrogens (tertiary/aromatic N) is 1. The van der Waals surface area contributed by atoms with Crippen LogP contribution in [0.1, 0.15) is 56.9 Å². The topological polar surface area (TPSA) is 49.4 Å². The molecule has 1 N–H and O–H groups in total. The van der Waals surface area contributed by atoms with Crippen molar-refractivity contribution in [2.45, 2.75) is 58.3 Å². The molecule has 0 radical (unpaired) electrons. The van der Waals surface area contributed by atoms with E-state index in [-0.39, 0.29) is 17.2 Å². The second kappa shape index (κ2) is 5.83. The van der Waals surface area contributed by atoms with Gasteiger partial charge in [0.1, 0.15) is 0 Å². The van der Waals surface area contributed by atoms with Gasteiger partial charge in [0.15, 0.2) is 0 Å². The van der Waals surface area contributed by atoms with E-state index in [0.717, 1.165) is 66.9 Å². The molecular weight excluding hydrogens is 324 g/mol. The fourth-order valence-electron chi connectivity index (χ4n) is 6.53. The standard InChI is InChI=1S/C22H28N2O2/c1-14-4-5-18(10-19(14)24-6-2-3-20(24)25)23-21(26)22-11-15-7-16(12-22)9-17(8-15)13-22/h4-5,10,15-17H,2-3,6-9,11-13H2,1H3,(H,23,26). The maximum absolute atomic E-state index is 13.3. The van der Waals surface area contributed by atoms with Crippen molar-refractivity contribution in [3.8, 4) is 0 Å². The molecule has 4 nitrogen and oxygen atoms in total. The monoisotopic (exact) mass is 352 g/mol. The minimum Gasteiger partial charge on any atom is -0.326 e. The molecule has 4 saturated carbocycles. The largest absolute Gasteiger partial charge is 0.326 e. The Bertz CT molecular complexity index is 734. The normalized spacial score (nSPS) is 35.2. The maximum atomic E-state index is 13.3. The van der Waals surface area contributed by atoms with Crippen LogP contribution >= 0.6 is 0 Å². The number of hydrogen-bond acceptors (Lipinski definition) is 2. The predicted molar refractivity (Wildman–Crippen MR) is 102 cm³/mol. The number of anilines is 2. The number of benzene rings is 1. The fraction of sp³-hybridized carbons (Fsp3) is 0.636. The van der Waals surface area contributed by atoms with Gasteiger partial charge in [-0.25, -0.2) is 0 Å². The summed E-state index contributed by atoms with van der Waals surface area (Å²) in [5.41, 5.74) is 2.75. The lowest BCUT2D eigenvalue weighted by Gasteiger charge is -2.55. The average Bonchev–Trinajstić information content (AvgIpc) is 3.01. The number of aryl methyl sites for hydroxylation is 1. The van der Waals surface area contributed by atoms with Crippen molar-refractivity contribution in [3.05, 3.63) is 23.8 Å². The molecule has 0 aromatic heterocycles. The smallest absolute Gasteiger partial charge is 0.230 e. The van der Waals surface area contributed by atoms with Gasteiger partial charge in [0, 0.05) is 24.3 Å². The van der Waals surface area contributed by atoms with E-state index in [2.05, 4.69) is 5.32 Å². The molecule has 2 amide bonds. The van der Waals surface area contributed by atoms with Crippen LogP contribution in [-0.2, 0) is 9.59 Å². The molecule has 0 unspecified atom stereocenters. The van der Waals surface area contributed by atoms with Crippen LogP contribution in [-0.4, -0.2) is 18.4 Å². The van der Waals surface area contributed by atoms with Crippen LogP contribution in [0.4, 0.5) is 11.4 Å². The van der Waals surface area contributed by atoms with Gasteiger partial charge in [0.05, 0.1) is 5.41 Å². The molecule has 1 aliphatic heterocycles. The highest BCUT2D eigenvalue weighted by atomic mass is 16.2. The second-order valence-corrected chi connectivity index (χ2v) is 9.30. The van der Waals surface area contributed by atoms with Gasteiger partial charge in [-0.05, 0) is 87.3 Å². The average molecular weight is 352 g/mol. The second-order valence-electron chi connectivity index (χ2n) is 9.30. The Morgan fingerprint density at radius 3 is 2.35 bits per heavy atom. The first-order valence-corrected chi connectivity index (χ1v) is 10.2. The number of nitrogens with one attached hydrogen (secondary N) is 1. The Kier molecular flexibility index (Phi) is 3.67. The van der Waals surface area contributed by atoms with E-state index in [9.17, 15) is 9.59 Å². The van der Waals surface area contributed by atoms with E-state index < -0.39 is 0 Å². The molecule has 6 rings (SSSR count). The molecule has 1 heterocycles. The molecule has 4 heteroatoms. The van der Waals surface area contributed by atoms with E-state index in [1.165, 1.54) is 19.3 Å². The third-order valence-corrected chi connectivity index (χ3v) is 7.35. The minimum atomic E-state index is -0.136. The minimum absolute atomic E-state index is 0.136. The quantitative estimate of drug-likeness (QED) is 0.883. The zero-order valence-electron chi connectivity index (χ0n) is 15.6. The van der Waals surface area contributed by atoms with Crippen LogP contribution in [0.15, 0.2) is 18.2 Å². The van der Waals surface area contributed by atoms with Crippen LogP contribution in [0.3, 0.4) is 0 Å². The van der Waals surface area contributed by atoms with Crippen LogP contribution in [0.2, 0.25) is 0 Å². The van der Waals surface area contributed by atoms with Gasteiger partial charge in [0.2, 0.25) is 11.8 Å². The van der Waals surface area contributed by atoms with Crippen LogP contribution < -0.4 is 10.2 Å². The van der Waals surface area contributed by atoms with Crippen LogP contribution in [0.25, 0.3) is 0 Å². The molecule has 1 aromatic rings. The maximum Gasteiger partial charge on any atom is 0.230 e. The van der Waals surface area contributed by atoms with Gasteiger partial charge in [-0.1, -0.05) is 6.07 Å². The van der Waals surface area contributed by atoms with Crippen molar-refractivity contribution in [1.82, 2.24) is 0 Å². The Labute approximate surface area is 155 Å². The van der Waals surface area contributed by atoms with E-state index >= 15 is 0 Å².